The minimum Gasteiger partial charge on any atom is -0.461 e. The van der Waals surface area contributed by atoms with Gasteiger partial charge in [0, 0.05) is 11.1 Å². The van der Waals surface area contributed by atoms with E-state index in [2.05, 4.69) is 9.47 Å². The highest BCUT2D eigenvalue weighted by molar-refractivity contribution is 6.09. The highest BCUT2D eigenvalue weighted by atomic mass is 19.3. The Labute approximate surface area is 270 Å². The van der Waals surface area contributed by atoms with Crippen LogP contribution in [0.5, 0.6) is 0 Å². The second-order valence-electron chi connectivity index (χ2n) is 11.5. The normalized spacial score (nSPS) is 11.9. The monoisotopic (exact) mass is 702 g/mol. The highest BCUT2D eigenvalue weighted by Gasteiger charge is 2.46. The lowest BCUT2D eigenvalue weighted by atomic mass is 10.1. The highest BCUT2D eigenvalue weighted by Crippen LogP contribution is 2.36. The van der Waals surface area contributed by atoms with Crippen LogP contribution in [-0.2, 0) is 40.4 Å². The van der Waals surface area contributed by atoms with Gasteiger partial charge >= 0.3 is 36.0 Å². The number of hydrogen-bond acceptors (Lipinski definition) is 9. The Hall–Kier alpha value is -4.64. The molecular weight excluding hydrogens is 668 g/mol. The Morgan fingerprint density at radius 2 is 0.917 bits per heavy atom. The van der Waals surface area contributed by atoms with Gasteiger partial charge in [-0.05, 0) is 79.7 Å². The first-order valence-electron chi connectivity index (χ1n) is 13.8. The van der Waals surface area contributed by atoms with Crippen molar-refractivity contribution in [3.8, 4) is 0 Å². The van der Waals surface area contributed by atoms with Crippen LogP contribution in [0.25, 0.3) is 0 Å². The summed E-state index contributed by atoms with van der Waals surface area (Å²) in [6, 6.07) is 0.846. The molecule has 0 unspecified atom stereocenters. The average Bonchev–Trinajstić information content (AvgIpc) is 2.91. The lowest BCUT2D eigenvalue weighted by Gasteiger charge is -2.29. The van der Waals surface area contributed by atoms with Gasteiger partial charge in [-0.1, -0.05) is 0 Å². The molecule has 0 bridgehead atoms. The van der Waals surface area contributed by atoms with Crippen molar-refractivity contribution in [2.75, 3.05) is 23.8 Å². The molecule has 268 valence electrons. The largest absolute Gasteiger partial charge is 0.461 e. The molecule has 0 aliphatic carbocycles. The molecule has 10 nitrogen and oxygen atoms in total. The van der Waals surface area contributed by atoms with Crippen molar-refractivity contribution < 1.29 is 73.2 Å². The molecule has 0 spiro atoms. The Kier molecular flexibility index (Phi) is 13.4. The molecule has 2 amide bonds. The van der Waals surface area contributed by atoms with E-state index in [1.807, 2.05) is 0 Å². The number of nitrogens with two attached hydrogens (primary N) is 1. The minimum absolute atomic E-state index is 0.0759. The Bertz CT molecular complexity index is 1450. The number of halogens is 8. The van der Waals surface area contributed by atoms with Gasteiger partial charge in [0.25, 0.3) is 0 Å². The van der Waals surface area contributed by atoms with Crippen LogP contribution in [0.15, 0.2) is 24.3 Å². The molecule has 0 fully saturated rings. The maximum Gasteiger partial charge on any atom is 0.424 e. The van der Waals surface area contributed by atoms with Crippen LogP contribution < -0.4 is 10.6 Å². The Morgan fingerprint density at radius 3 is 1.19 bits per heavy atom. The summed E-state index contributed by atoms with van der Waals surface area (Å²) >= 11 is 0. The van der Waals surface area contributed by atoms with E-state index >= 15 is 0 Å². The first kappa shape index (κ1) is 41.4. The van der Waals surface area contributed by atoms with E-state index in [4.69, 9.17) is 15.2 Å². The predicted octanol–water partition coefficient (Wildman–Crippen LogP) is 7.50. The summed E-state index contributed by atoms with van der Waals surface area (Å²) in [6.45, 7) is 10.6. The lowest BCUT2D eigenvalue weighted by Crippen LogP contribution is -2.44. The van der Waals surface area contributed by atoms with E-state index in [0.717, 1.165) is 0 Å². The second-order valence-corrected chi connectivity index (χ2v) is 11.5. The zero-order chi connectivity index (χ0) is 37.6. The second kappa shape index (κ2) is 15.5. The van der Waals surface area contributed by atoms with Gasteiger partial charge in [-0.25, -0.2) is 36.7 Å². The Morgan fingerprint density at radius 1 is 0.625 bits per heavy atom. The molecule has 2 aromatic rings. The fourth-order valence-corrected chi connectivity index (χ4v) is 3.28. The van der Waals surface area contributed by atoms with E-state index < -0.39 is 92.9 Å². The van der Waals surface area contributed by atoms with Crippen molar-refractivity contribution in [1.29, 1.82) is 0 Å². The van der Waals surface area contributed by atoms with Crippen LogP contribution in [0.3, 0.4) is 0 Å². The standard InChI is InChI=1S/C20H25F4NO6.C10H9F4NO2/c1-8-29-15(26)20(23,24)11-9-12(21)14(13(22)10-11)25(16(27)30-18(2,3)4)17(28)31-19(5,6)7;1-2-17-9(16)10(13,14)5-3-6(11)8(15)7(12)4-5/h9-10H,8H2,1-7H3;3-4H,2,15H2,1H3. The van der Waals surface area contributed by atoms with Crippen LogP contribution in [0.2, 0.25) is 0 Å². The van der Waals surface area contributed by atoms with Crippen LogP contribution in [0.4, 0.5) is 56.1 Å². The summed E-state index contributed by atoms with van der Waals surface area (Å²) in [7, 11) is 0. The van der Waals surface area contributed by atoms with Crippen LogP contribution in [0.1, 0.15) is 66.5 Å². The summed E-state index contributed by atoms with van der Waals surface area (Å²) in [5.41, 5.74) is -2.10. The van der Waals surface area contributed by atoms with E-state index in [9.17, 15) is 54.3 Å². The van der Waals surface area contributed by atoms with Gasteiger partial charge in [0.15, 0.2) is 11.6 Å². The maximum atomic E-state index is 14.7. The SMILES string of the molecule is CCOC(=O)C(F)(F)c1cc(F)c(N(C(=O)OC(C)(C)C)C(=O)OC(C)(C)C)c(F)c1.CCOC(=O)C(F)(F)c1cc(F)c(N)c(F)c1. The molecule has 2 aromatic carbocycles. The molecule has 0 heterocycles. The van der Waals surface area contributed by atoms with Crippen LogP contribution >= 0.6 is 0 Å². The zero-order valence-corrected chi connectivity index (χ0v) is 27.0. The number of hydrogen-bond donors (Lipinski definition) is 1. The fraction of sp³-hybridized carbons (Fsp3) is 0.467. The van der Waals surface area contributed by atoms with Crippen molar-refractivity contribution in [2.45, 2.75) is 78.4 Å². The molecule has 0 saturated heterocycles. The minimum atomic E-state index is -4.38. The smallest absolute Gasteiger partial charge is 0.424 e. The molecule has 2 N–H and O–H groups in total. The van der Waals surface area contributed by atoms with Crippen LogP contribution in [-0.4, -0.2) is 48.5 Å². The van der Waals surface area contributed by atoms with Gasteiger partial charge in [0.2, 0.25) is 0 Å². The molecule has 0 aliphatic rings. The number of rotatable bonds is 7. The van der Waals surface area contributed by atoms with Crippen molar-refractivity contribution >= 4 is 35.5 Å². The molecule has 18 heteroatoms. The fourth-order valence-electron chi connectivity index (χ4n) is 3.28. The van der Waals surface area contributed by atoms with Crippen molar-refractivity contribution in [1.82, 2.24) is 0 Å². The van der Waals surface area contributed by atoms with Gasteiger partial charge < -0.3 is 24.7 Å². The molecule has 0 aromatic heterocycles. The van der Waals surface area contributed by atoms with Gasteiger partial charge in [0.1, 0.15) is 34.2 Å². The molecule has 2 rings (SSSR count). The van der Waals surface area contributed by atoms with Gasteiger partial charge in [-0.15, -0.1) is 0 Å². The number of nitrogens with zero attached hydrogens (tertiary/aromatic N) is 1. The number of alkyl halides is 4. The number of imide groups is 1. The molecule has 0 aliphatic heterocycles. The van der Waals surface area contributed by atoms with E-state index in [0.29, 0.717) is 12.1 Å². The van der Waals surface area contributed by atoms with Gasteiger partial charge in [-0.3, -0.25) is 0 Å². The van der Waals surface area contributed by atoms with E-state index in [1.165, 1.54) is 55.4 Å². The van der Waals surface area contributed by atoms with Gasteiger partial charge in [-0.2, -0.15) is 22.5 Å². The summed E-state index contributed by atoms with van der Waals surface area (Å²) in [5, 5.41) is 0. The number of carbonyl (C=O) groups is 4. The topological polar surface area (TPSA) is 134 Å². The first-order valence-corrected chi connectivity index (χ1v) is 13.8. The van der Waals surface area contributed by atoms with Crippen LogP contribution in [0, 0.1) is 23.3 Å². The molecular formula is C30H34F8N2O8. The molecule has 0 atom stereocenters. The zero-order valence-electron chi connectivity index (χ0n) is 27.0. The average molecular weight is 703 g/mol. The number of benzene rings is 2. The predicted molar refractivity (Wildman–Crippen MR) is 153 cm³/mol. The third-order valence-electron chi connectivity index (χ3n) is 5.26. The van der Waals surface area contributed by atoms with Crippen molar-refractivity contribution in [3.05, 3.63) is 58.7 Å². The number of esters is 2. The number of anilines is 2. The first-order chi connectivity index (χ1) is 21.7. The molecule has 48 heavy (non-hydrogen) atoms. The van der Waals surface area contributed by atoms with E-state index in [1.54, 1.807) is 0 Å². The number of amides is 2. The summed E-state index contributed by atoms with van der Waals surface area (Å²) in [6.07, 6.45) is -2.99. The summed E-state index contributed by atoms with van der Waals surface area (Å²) in [5.74, 6) is -18.6. The summed E-state index contributed by atoms with van der Waals surface area (Å²) in [4.78, 5) is 47.3. The molecule has 0 radical (unpaired) electrons. The lowest BCUT2D eigenvalue weighted by molar-refractivity contribution is -0.173. The van der Waals surface area contributed by atoms with Gasteiger partial charge in [0.05, 0.1) is 13.2 Å². The van der Waals surface area contributed by atoms with Crippen molar-refractivity contribution in [3.63, 3.8) is 0 Å². The molecule has 0 saturated carbocycles. The number of nitrogen functional groups attached to an aromatic ring is 1. The third kappa shape index (κ3) is 10.7. The van der Waals surface area contributed by atoms with Crippen molar-refractivity contribution in [2.24, 2.45) is 0 Å². The summed E-state index contributed by atoms with van der Waals surface area (Å²) < 4.78 is 129. The van der Waals surface area contributed by atoms with E-state index in [-0.39, 0.29) is 30.2 Å². The number of ether oxygens (including phenoxy) is 4. The third-order valence-corrected chi connectivity index (χ3v) is 5.26. The maximum absolute atomic E-state index is 14.7. The Balaban J connectivity index is 0.000000569. The quantitative estimate of drug-likeness (QED) is 0.135. The number of carbonyl (C=O) groups excluding carboxylic acids is 4.